The van der Waals surface area contributed by atoms with Crippen molar-refractivity contribution in [3.63, 3.8) is 0 Å². The fraction of sp³-hybridized carbons (Fsp3) is 0.667. The minimum Gasteiger partial charge on any atom is -0.495 e. The molecule has 0 bridgehead atoms. The zero-order chi connectivity index (χ0) is 13.6. The topological polar surface area (TPSA) is 34.2 Å². The van der Waals surface area contributed by atoms with Gasteiger partial charge in [0.05, 0.1) is 13.3 Å². The van der Waals surface area contributed by atoms with E-state index in [1.165, 1.54) is 5.56 Å². The van der Waals surface area contributed by atoms with Crippen molar-refractivity contribution in [3.8, 4) is 5.75 Å². The van der Waals surface area contributed by atoms with Crippen LogP contribution in [0.4, 0.5) is 0 Å². The molecule has 1 unspecified atom stereocenters. The quantitative estimate of drug-likeness (QED) is 0.842. The van der Waals surface area contributed by atoms with Gasteiger partial charge in [-0.1, -0.05) is 27.7 Å². The molecule has 0 amide bonds. The summed E-state index contributed by atoms with van der Waals surface area (Å²) < 4.78 is 5.20. The summed E-state index contributed by atoms with van der Waals surface area (Å²) in [5.41, 5.74) is 1.52. The van der Waals surface area contributed by atoms with Crippen molar-refractivity contribution < 1.29 is 4.74 Å². The van der Waals surface area contributed by atoms with E-state index in [0.29, 0.717) is 6.04 Å². The van der Waals surface area contributed by atoms with E-state index in [0.717, 1.165) is 25.1 Å². The van der Waals surface area contributed by atoms with Crippen molar-refractivity contribution in [2.24, 2.45) is 5.41 Å². The maximum Gasteiger partial charge on any atom is 0.137 e. The maximum atomic E-state index is 5.20. The highest BCUT2D eigenvalue weighted by atomic mass is 16.5. The third-order valence-corrected chi connectivity index (χ3v) is 3.22. The van der Waals surface area contributed by atoms with Gasteiger partial charge in [0.2, 0.25) is 0 Å². The first-order valence-electron chi connectivity index (χ1n) is 6.68. The predicted molar refractivity (Wildman–Crippen MR) is 76.0 cm³/mol. The molecule has 1 N–H and O–H groups in total. The summed E-state index contributed by atoms with van der Waals surface area (Å²) in [6.45, 7) is 10.0. The lowest BCUT2D eigenvalue weighted by Crippen LogP contribution is -2.40. The van der Waals surface area contributed by atoms with E-state index >= 15 is 0 Å². The Balaban J connectivity index is 2.61. The first kappa shape index (κ1) is 15.0. The standard InChI is InChI=1S/C15H26N2O/c1-6-17-14(15(2,3)4)8-7-12-9-13(18-5)11-16-10-12/h9-11,14,17H,6-8H2,1-5H3. The summed E-state index contributed by atoms with van der Waals surface area (Å²) in [5, 5.41) is 3.57. The number of ether oxygens (including phenoxy) is 1. The number of pyridine rings is 1. The van der Waals surface area contributed by atoms with Crippen LogP contribution in [0, 0.1) is 5.41 Å². The Labute approximate surface area is 111 Å². The highest BCUT2D eigenvalue weighted by Gasteiger charge is 2.23. The Morgan fingerprint density at radius 2 is 2.06 bits per heavy atom. The first-order valence-corrected chi connectivity index (χ1v) is 6.68. The molecule has 3 nitrogen and oxygen atoms in total. The summed E-state index contributed by atoms with van der Waals surface area (Å²) in [7, 11) is 1.68. The van der Waals surface area contributed by atoms with Gasteiger partial charge in [0.15, 0.2) is 0 Å². The van der Waals surface area contributed by atoms with Gasteiger partial charge >= 0.3 is 0 Å². The largest absolute Gasteiger partial charge is 0.495 e. The van der Waals surface area contributed by atoms with Gasteiger partial charge < -0.3 is 10.1 Å². The summed E-state index contributed by atoms with van der Waals surface area (Å²) in [6, 6.07) is 2.59. The number of rotatable bonds is 6. The van der Waals surface area contributed by atoms with Crippen LogP contribution in [0.25, 0.3) is 0 Å². The second-order valence-electron chi connectivity index (χ2n) is 5.75. The van der Waals surface area contributed by atoms with Crippen molar-refractivity contribution in [1.29, 1.82) is 0 Å². The average Bonchev–Trinajstić information content (AvgIpc) is 2.33. The number of aromatic nitrogens is 1. The molecule has 0 aliphatic heterocycles. The Hall–Kier alpha value is -1.09. The van der Waals surface area contributed by atoms with Crippen LogP contribution >= 0.6 is 0 Å². The Morgan fingerprint density at radius 3 is 2.61 bits per heavy atom. The van der Waals surface area contributed by atoms with E-state index in [4.69, 9.17) is 4.74 Å². The molecule has 1 aromatic rings. The minimum atomic E-state index is 0.280. The molecule has 0 radical (unpaired) electrons. The molecular weight excluding hydrogens is 224 g/mol. The van der Waals surface area contributed by atoms with Gasteiger partial charge in [-0.25, -0.2) is 0 Å². The third kappa shape index (κ3) is 4.65. The third-order valence-electron chi connectivity index (χ3n) is 3.22. The lowest BCUT2D eigenvalue weighted by molar-refractivity contribution is 0.258. The van der Waals surface area contributed by atoms with Crippen molar-refractivity contribution >= 4 is 0 Å². The van der Waals surface area contributed by atoms with Crippen LogP contribution in [-0.2, 0) is 6.42 Å². The Morgan fingerprint density at radius 1 is 1.33 bits per heavy atom. The number of hydrogen-bond donors (Lipinski definition) is 1. The van der Waals surface area contributed by atoms with Gasteiger partial charge in [-0.2, -0.15) is 0 Å². The first-order chi connectivity index (χ1) is 8.47. The maximum absolute atomic E-state index is 5.20. The van der Waals surface area contributed by atoms with Crippen molar-refractivity contribution in [1.82, 2.24) is 10.3 Å². The van der Waals surface area contributed by atoms with Crippen molar-refractivity contribution in [2.75, 3.05) is 13.7 Å². The van der Waals surface area contributed by atoms with Gasteiger partial charge in [0.1, 0.15) is 5.75 Å². The van der Waals surface area contributed by atoms with Crippen molar-refractivity contribution in [2.45, 2.75) is 46.6 Å². The molecule has 0 spiro atoms. The number of methoxy groups -OCH3 is 1. The van der Waals surface area contributed by atoms with Crippen LogP contribution in [0.5, 0.6) is 5.75 Å². The molecule has 1 rings (SSSR count). The van der Waals surface area contributed by atoms with E-state index in [-0.39, 0.29) is 5.41 Å². The zero-order valence-electron chi connectivity index (χ0n) is 12.3. The summed E-state index contributed by atoms with van der Waals surface area (Å²) in [5.74, 6) is 0.836. The lowest BCUT2D eigenvalue weighted by atomic mass is 9.83. The van der Waals surface area contributed by atoms with Crippen LogP contribution in [-0.4, -0.2) is 24.7 Å². The zero-order valence-corrected chi connectivity index (χ0v) is 12.3. The van der Waals surface area contributed by atoms with Gasteiger partial charge in [0, 0.05) is 12.2 Å². The van der Waals surface area contributed by atoms with Gasteiger partial charge in [0.25, 0.3) is 0 Å². The number of nitrogens with zero attached hydrogens (tertiary/aromatic N) is 1. The molecule has 102 valence electrons. The molecule has 1 atom stereocenters. The van der Waals surface area contributed by atoms with E-state index in [1.807, 2.05) is 6.20 Å². The smallest absolute Gasteiger partial charge is 0.137 e. The molecule has 18 heavy (non-hydrogen) atoms. The average molecular weight is 250 g/mol. The predicted octanol–water partition coefficient (Wildman–Crippen LogP) is 3.05. The van der Waals surface area contributed by atoms with Crippen LogP contribution < -0.4 is 10.1 Å². The second kappa shape index (κ2) is 6.74. The normalized spacial score (nSPS) is 13.4. The van der Waals surface area contributed by atoms with Crippen molar-refractivity contribution in [3.05, 3.63) is 24.0 Å². The molecular formula is C15H26N2O. The van der Waals surface area contributed by atoms with Gasteiger partial charge in [-0.05, 0) is 36.4 Å². The highest BCUT2D eigenvalue weighted by molar-refractivity contribution is 5.23. The van der Waals surface area contributed by atoms with Crippen LogP contribution in [0.3, 0.4) is 0 Å². The minimum absolute atomic E-state index is 0.280. The Bertz CT molecular complexity index is 358. The SMILES string of the molecule is CCNC(CCc1cncc(OC)c1)C(C)(C)C. The summed E-state index contributed by atoms with van der Waals surface area (Å²) in [4.78, 5) is 4.20. The second-order valence-corrected chi connectivity index (χ2v) is 5.75. The molecule has 0 fully saturated rings. The van der Waals surface area contributed by atoms with E-state index in [9.17, 15) is 0 Å². The molecule has 1 aromatic heterocycles. The molecule has 0 aliphatic rings. The number of aryl methyl sites for hydroxylation is 1. The van der Waals surface area contributed by atoms with E-state index in [1.54, 1.807) is 13.3 Å². The molecule has 1 heterocycles. The fourth-order valence-corrected chi connectivity index (χ4v) is 2.11. The molecule has 0 saturated heterocycles. The lowest BCUT2D eigenvalue weighted by Gasteiger charge is -2.31. The monoisotopic (exact) mass is 250 g/mol. The fourth-order valence-electron chi connectivity index (χ4n) is 2.11. The van der Waals surface area contributed by atoms with Gasteiger partial charge in [-0.3, -0.25) is 4.98 Å². The summed E-state index contributed by atoms with van der Waals surface area (Å²) in [6.07, 6.45) is 5.81. The molecule has 0 aromatic carbocycles. The molecule has 0 saturated carbocycles. The number of nitrogens with one attached hydrogen (secondary N) is 1. The van der Waals surface area contributed by atoms with Crippen LogP contribution in [0.2, 0.25) is 0 Å². The van der Waals surface area contributed by atoms with Crippen LogP contribution in [0.15, 0.2) is 18.5 Å². The van der Waals surface area contributed by atoms with E-state index in [2.05, 4.69) is 44.1 Å². The Kier molecular flexibility index (Phi) is 5.60. The molecule has 0 aliphatic carbocycles. The van der Waals surface area contributed by atoms with E-state index < -0.39 is 0 Å². The van der Waals surface area contributed by atoms with Gasteiger partial charge in [-0.15, -0.1) is 0 Å². The van der Waals surface area contributed by atoms with Crippen LogP contribution in [0.1, 0.15) is 39.7 Å². The molecule has 3 heteroatoms. The summed E-state index contributed by atoms with van der Waals surface area (Å²) >= 11 is 0. The highest BCUT2D eigenvalue weighted by Crippen LogP contribution is 2.23. The number of hydrogen-bond acceptors (Lipinski definition) is 3.